The van der Waals surface area contributed by atoms with Crippen molar-refractivity contribution in [1.82, 2.24) is 10.3 Å². The fourth-order valence-electron chi connectivity index (χ4n) is 1.94. The third-order valence-corrected chi connectivity index (χ3v) is 5.03. The number of carbonyl (C=O) groups excluding carboxylic acids is 1. The van der Waals surface area contributed by atoms with E-state index in [1.165, 1.54) is 11.8 Å². The Bertz CT molecular complexity index is 706. The summed E-state index contributed by atoms with van der Waals surface area (Å²) in [6.45, 7) is 0. The molecule has 0 saturated heterocycles. The summed E-state index contributed by atoms with van der Waals surface area (Å²) >= 11 is 11.9. The SMILES string of the molecule is O=C(NC1SC(c2cccnc2)=NC1Cl)c1ccc(S)cc1. The number of alkyl halides is 1. The van der Waals surface area contributed by atoms with Crippen LogP contribution in [-0.2, 0) is 0 Å². The van der Waals surface area contributed by atoms with Gasteiger partial charge in [0.05, 0.1) is 0 Å². The summed E-state index contributed by atoms with van der Waals surface area (Å²) in [6, 6.07) is 10.8. The Hall–Kier alpha value is -1.50. The van der Waals surface area contributed by atoms with E-state index >= 15 is 0 Å². The number of thioether (sulfide) groups is 1. The first kappa shape index (κ1) is 15.4. The normalized spacial score (nSPS) is 20.5. The number of nitrogens with zero attached hydrogens (tertiary/aromatic N) is 2. The first-order chi connectivity index (χ1) is 10.6. The van der Waals surface area contributed by atoms with Gasteiger partial charge in [-0.1, -0.05) is 23.4 Å². The van der Waals surface area contributed by atoms with E-state index in [4.69, 9.17) is 11.6 Å². The molecule has 22 heavy (non-hydrogen) atoms. The number of halogens is 1. The molecular formula is C15H12ClN3OS2. The van der Waals surface area contributed by atoms with Gasteiger partial charge in [0.1, 0.15) is 10.4 Å². The highest BCUT2D eigenvalue weighted by molar-refractivity contribution is 8.15. The first-order valence-corrected chi connectivity index (χ1v) is 8.28. The largest absolute Gasteiger partial charge is 0.336 e. The minimum atomic E-state index is -0.506. The molecule has 7 heteroatoms. The Morgan fingerprint density at radius 3 is 2.73 bits per heavy atom. The topological polar surface area (TPSA) is 54.4 Å². The van der Waals surface area contributed by atoms with Crippen LogP contribution in [0.15, 0.2) is 58.7 Å². The molecule has 112 valence electrons. The number of hydrogen-bond acceptors (Lipinski definition) is 5. The van der Waals surface area contributed by atoms with Crippen molar-refractivity contribution < 1.29 is 4.79 Å². The number of nitrogens with one attached hydrogen (secondary N) is 1. The maximum Gasteiger partial charge on any atom is 0.252 e. The summed E-state index contributed by atoms with van der Waals surface area (Å²) < 4.78 is 0. The van der Waals surface area contributed by atoms with Crippen LogP contribution in [0, 0.1) is 0 Å². The number of amides is 1. The van der Waals surface area contributed by atoms with Crippen molar-refractivity contribution in [3.05, 3.63) is 59.9 Å². The monoisotopic (exact) mass is 349 g/mol. The van der Waals surface area contributed by atoms with E-state index in [1.54, 1.807) is 36.7 Å². The molecule has 1 aromatic heterocycles. The second-order valence-electron chi connectivity index (χ2n) is 4.61. The van der Waals surface area contributed by atoms with Crippen molar-refractivity contribution in [2.75, 3.05) is 0 Å². The Morgan fingerprint density at radius 1 is 1.27 bits per heavy atom. The molecule has 3 rings (SSSR count). The molecule has 2 aromatic rings. The number of aromatic nitrogens is 1. The highest BCUT2D eigenvalue weighted by Crippen LogP contribution is 2.31. The summed E-state index contributed by atoms with van der Waals surface area (Å²) in [5.74, 6) is -0.181. The highest BCUT2D eigenvalue weighted by Gasteiger charge is 2.30. The van der Waals surface area contributed by atoms with Crippen molar-refractivity contribution in [2.45, 2.75) is 15.8 Å². The summed E-state index contributed by atoms with van der Waals surface area (Å²) in [7, 11) is 0. The quantitative estimate of drug-likeness (QED) is 0.508. The van der Waals surface area contributed by atoms with E-state index in [-0.39, 0.29) is 11.3 Å². The van der Waals surface area contributed by atoms with Crippen LogP contribution in [0.5, 0.6) is 0 Å². The van der Waals surface area contributed by atoms with Crippen LogP contribution >= 0.6 is 36.0 Å². The molecular weight excluding hydrogens is 338 g/mol. The zero-order valence-electron chi connectivity index (χ0n) is 11.3. The summed E-state index contributed by atoms with van der Waals surface area (Å²) in [6.07, 6.45) is 3.43. The molecule has 0 bridgehead atoms. The highest BCUT2D eigenvalue weighted by atomic mass is 35.5. The molecule has 0 fully saturated rings. The Labute approximate surface area is 142 Å². The van der Waals surface area contributed by atoms with Crippen LogP contribution in [0.25, 0.3) is 0 Å². The van der Waals surface area contributed by atoms with Gasteiger partial charge in [-0.3, -0.25) is 14.8 Å². The van der Waals surface area contributed by atoms with E-state index < -0.39 is 5.50 Å². The molecule has 0 radical (unpaired) electrons. The van der Waals surface area contributed by atoms with Gasteiger partial charge in [0.15, 0.2) is 5.50 Å². The van der Waals surface area contributed by atoms with Crippen molar-refractivity contribution in [2.24, 2.45) is 4.99 Å². The minimum Gasteiger partial charge on any atom is -0.336 e. The van der Waals surface area contributed by atoms with Gasteiger partial charge in [0, 0.05) is 28.4 Å². The third-order valence-electron chi connectivity index (χ3n) is 3.04. The number of hydrogen-bond donors (Lipinski definition) is 2. The first-order valence-electron chi connectivity index (χ1n) is 6.52. The van der Waals surface area contributed by atoms with E-state index in [2.05, 4.69) is 27.9 Å². The molecule has 2 unspecified atom stereocenters. The summed E-state index contributed by atoms with van der Waals surface area (Å²) in [5.41, 5.74) is 0.958. The number of carbonyl (C=O) groups is 1. The molecule has 1 aliphatic rings. The zero-order valence-corrected chi connectivity index (χ0v) is 13.8. The fraction of sp³-hybridized carbons (Fsp3) is 0.133. The van der Waals surface area contributed by atoms with Gasteiger partial charge in [0.2, 0.25) is 0 Å². The molecule has 2 heterocycles. The Morgan fingerprint density at radius 2 is 2.05 bits per heavy atom. The van der Waals surface area contributed by atoms with Gasteiger partial charge in [-0.2, -0.15) is 0 Å². The third kappa shape index (κ3) is 3.45. The number of rotatable bonds is 3. The van der Waals surface area contributed by atoms with Crippen LogP contribution in [0.3, 0.4) is 0 Å². The molecule has 2 atom stereocenters. The van der Waals surface area contributed by atoms with Gasteiger partial charge in [-0.15, -0.1) is 12.6 Å². The Kier molecular flexibility index (Phi) is 4.71. The predicted molar refractivity (Wildman–Crippen MR) is 93.0 cm³/mol. The lowest BCUT2D eigenvalue weighted by Gasteiger charge is -2.14. The second kappa shape index (κ2) is 6.73. The van der Waals surface area contributed by atoms with Gasteiger partial charge in [-0.05, 0) is 36.4 Å². The van der Waals surface area contributed by atoms with E-state index in [1.807, 2.05) is 12.1 Å². The fourth-order valence-corrected chi connectivity index (χ4v) is 3.47. The standard InChI is InChI=1S/C15H12ClN3OS2/c16-12-15(19-13(20)9-3-5-11(21)6-4-9)22-14(18-12)10-2-1-7-17-8-10/h1-8,12,15,21H,(H,19,20). The molecule has 0 saturated carbocycles. The van der Waals surface area contributed by atoms with Crippen LogP contribution in [0.2, 0.25) is 0 Å². The molecule has 0 aliphatic carbocycles. The lowest BCUT2D eigenvalue weighted by atomic mass is 10.2. The number of aliphatic imine (C=N–C) groups is 1. The summed E-state index contributed by atoms with van der Waals surface area (Å²) in [5, 5.41) is 3.37. The maximum absolute atomic E-state index is 12.2. The zero-order chi connectivity index (χ0) is 15.5. The van der Waals surface area contributed by atoms with Crippen LogP contribution in [0.1, 0.15) is 15.9 Å². The Balaban J connectivity index is 1.68. The van der Waals surface area contributed by atoms with Gasteiger partial charge in [-0.25, -0.2) is 0 Å². The molecule has 1 N–H and O–H groups in total. The minimum absolute atomic E-state index is 0.181. The van der Waals surface area contributed by atoms with E-state index in [9.17, 15) is 4.79 Å². The lowest BCUT2D eigenvalue weighted by molar-refractivity contribution is 0.0949. The molecule has 4 nitrogen and oxygen atoms in total. The average molecular weight is 350 g/mol. The number of thiol groups is 1. The van der Waals surface area contributed by atoms with Gasteiger partial charge >= 0.3 is 0 Å². The van der Waals surface area contributed by atoms with Gasteiger partial charge < -0.3 is 5.32 Å². The molecule has 1 amide bonds. The average Bonchev–Trinajstić information content (AvgIpc) is 2.90. The number of benzene rings is 1. The maximum atomic E-state index is 12.2. The molecule has 1 aromatic carbocycles. The smallest absolute Gasteiger partial charge is 0.252 e. The van der Waals surface area contributed by atoms with Crippen molar-refractivity contribution in [1.29, 1.82) is 0 Å². The predicted octanol–water partition coefficient (Wildman–Crippen LogP) is 3.18. The van der Waals surface area contributed by atoms with E-state index in [0.717, 1.165) is 15.5 Å². The van der Waals surface area contributed by atoms with Crippen molar-refractivity contribution in [3.8, 4) is 0 Å². The molecule has 1 aliphatic heterocycles. The van der Waals surface area contributed by atoms with Crippen LogP contribution < -0.4 is 5.32 Å². The van der Waals surface area contributed by atoms with E-state index in [0.29, 0.717) is 5.56 Å². The lowest BCUT2D eigenvalue weighted by Crippen LogP contribution is -2.36. The van der Waals surface area contributed by atoms with Gasteiger partial charge in [0.25, 0.3) is 5.91 Å². The summed E-state index contributed by atoms with van der Waals surface area (Å²) in [4.78, 5) is 21.5. The van der Waals surface area contributed by atoms with Crippen LogP contribution in [0.4, 0.5) is 0 Å². The van der Waals surface area contributed by atoms with Crippen LogP contribution in [-0.4, -0.2) is 26.8 Å². The second-order valence-corrected chi connectivity index (χ2v) is 6.70. The van der Waals surface area contributed by atoms with Crippen molar-refractivity contribution >= 4 is 46.9 Å². The van der Waals surface area contributed by atoms with Crippen molar-refractivity contribution in [3.63, 3.8) is 0 Å². The number of pyridine rings is 1. The molecule has 0 spiro atoms.